The van der Waals surface area contributed by atoms with Crippen LogP contribution in [0.5, 0.6) is 0 Å². The summed E-state index contributed by atoms with van der Waals surface area (Å²) < 4.78 is 0. The van der Waals surface area contributed by atoms with E-state index in [-0.39, 0.29) is 0 Å². The Kier molecular flexibility index (Phi) is 5.38. The van der Waals surface area contributed by atoms with Gasteiger partial charge in [0, 0.05) is 28.3 Å². The highest BCUT2D eigenvalue weighted by Crippen LogP contribution is 2.50. The third-order valence-corrected chi connectivity index (χ3v) is 7.55. The van der Waals surface area contributed by atoms with Crippen molar-refractivity contribution in [3.05, 3.63) is 140 Å². The molecule has 8 rings (SSSR count). The predicted octanol–water partition coefficient (Wildman–Crippen LogP) is 8.87. The molecule has 41 heavy (non-hydrogen) atoms. The second-order valence-electron chi connectivity index (χ2n) is 10.0. The van der Waals surface area contributed by atoms with Crippen LogP contribution in [0.4, 0.5) is 17.5 Å². The van der Waals surface area contributed by atoms with Crippen molar-refractivity contribution in [2.75, 3.05) is 4.90 Å². The first-order chi connectivity index (χ1) is 20.3. The lowest BCUT2D eigenvalue weighted by molar-refractivity contribution is 1.04. The molecule has 0 amide bonds. The van der Waals surface area contributed by atoms with Gasteiger partial charge in [-0.2, -0.15) is 0 Å². The van der Waals surface area contributed by atoms with Crippen LogP contribution in [0.1, 0.15) is 0 Å². The zero-order valence-corrected chi connectivity index (χ0v) is 22.0. The van der Waals surface area contributed by atoms with Crippen LogP contribution in [0, 0.1) is 0 Å². The molecule has 5 aromatic carbocycles. The molecule has 192 valence electrons. The van der Waals surface area contributed by atoms with Crippen molar-refractivity contribution in [2.24, 2.45) is 0 Å². The fourth-order valence-corrected chi connectivity index (χ4v) is 5.66. The lowest BCUT2D eigenvalue weighted by Crippen LogP contribution is -2.19. The van der Waals surface area contributed by atoms with Gasteiger partial charge in [0.1, 0.15) is 6.33 Å². The van der Waals surface area contributed by atoms with Gasteiger partial charge in [-0.15, -0.1) is 0 Å². The smallest absolute Gasteiger partial charge is 0.237 e. The Hall–Kier alpha value is -5.68. The van der Waals surface area contributed by atoms with Crippen LogP contribution in [-0.4, -0.2) is 19.9 Å². The molecule has 0 N–H and O–H groups in total. The SMILES string of the molecule is c1ccc(-c2cc3c4c(cccc4c2)N(c2nc(-c4ccccc4)cc(-c4ccccc4)n2)c2ncncc2-3)cc1. The van der Waals surface area contributed by atoms with Gasteiger partial charge in [-0.25, -0.2) is 19.9 Å². The zero-order valence-electron chi connectivity index (χ0n) is 22.0. The molecule has 0 saturated heterocycles. The van der Waals surface area contributed by atoms with E-state index in [4.69, 9.17) is 15.0 Å². The summed E-state index contributed by atoms with van der Waals surface area (Å²) in [5.41, 5.74) is 9.12. The van der Waals surface area contributed by atoms with Crippen LogP contribution in [-0.2, 0) is 0 Å². The third-order valence-electron chi connectivity index (χ3n) is 7.55. The van der Waals surface area contributed by atoms with E-state index in [2.05, 4.69) is 94.8 Å². The van der Waals surface area contributed by atoms with E-state index in [1.165, 1.54) is 5.56 Å². The summed E-state index contributed by atoms with van der Waals surface area (Å²) in [6, 6.07) is 43.9. The van der Waals surface area contributed by atoms with Gasteiger partial charge in [0.05, 0.1) is 17.1 Å². The van der Waals surface area contributed by atoms with E-state index >= 15 is 0 Å². The Morgan fingerprint density at radius 3 is 1.80 bits per heavy atom. The summed E-state index contributed by atoms with van der Waals surface area (Å²) in [6.07, 6.45) is 3.49. The molecule has 0 spiro atoms. The minimum Gasteiger partial charge on any atom is -0.262 e. The number of anilines is 3. The highest BCUT2D eigenvalue weighted by molar-refractivity contribution is 6.14. The van der Waals surface area contributed by atoms with Gasteiger partial charge < -0.3 is 0 Å². The standard InChI is InChI=1S/C36H23N5/c1-4-11-24(12-5-1)28-19-27-17-10-18-33-34(27)29(20-28)30-22-37-23-38-35(30)41(33)36-39-31(25-13-6-2-7-14-25)21-32(40-36)26-15-8-3-9-16-26/h1-23H. The second-order valence-corrected chi connectivity index (χ2v) is 10.0. The Labute approximate surface area is 237 Å². The lowest BCUT2D eigenvalue weighted by Gasteiger charge is -2.31. The maximum absolute atomic E-state index is 5.13. The molecule has 1 aliphatic rings. The van der Waals surface area contributed by atoms with Crippen LogP contribution < -0.4 is 4.90 Å². The van der Waals surface area contributed by atoms with Crippen molar-refractivity contribution >= 4 is 28.2 Å². The van der Waals surface area contributed by atoms with Gasteiger partial charge in [-0.05, 0) is 46.3 Å². The predicted molar refractivity (Wildman–Crippen MR) is 165 cm³/mol. The van der Waals surface area contributed by atoms with E-state index in [0.717, 1.165) is 61.5 Å². The number of fused-ring (bicyclic) bond motifs is 2. The average Bonchev–Trinajstić information content (AvgIpc) is 3.06. The minimum atomic E-state index is 0.565. The molecule has 0 fully saturated rings. The molecule has 7 aromatic rings. The molecule has 0 aliphatic carbocycles. The highest BCUT2D eigenvalue weighted by Gasteiger charge is 2.30. The van der Waals surface area contributed by atoms with Crippen LogP contribution >= 0.6 is 0 Å². The molecule has 0 atom stereocenters. The van der Waals surface area contributed by atoms with Crippen LogP contribution in [0.2, 0.25) is 0 Å². The molecule has 5 nitrogen and oxygen atoms in total. The van der Waals surface area contributed by atoms with Crippen LogP contribution in [0.25, 0.3) is 55.5 Å². The summed E-state index contributed by atoms with van der Waals surface area (Å²) in [4.78, 5) is 21.6. The van der Waals surface area contributed by atoms with Gasteiger partial charge in [0.2, 0.25) is 5.95 Å². The van der Waals surface area contributed by atoms with E-state index in [1.807, 2.05) is 48.7 Å². The fraction of sp³-hybridized carbons (Fsp3) is 0. The van der Waals surface area contributed by atoms with Gasteiger partial charge in [0.25, 0.3) is 0 Å². The Balaban J connectivity index is 1.41. The average molecular weight is 526 g/mol. The van der Waals surface area contributed by atoms with Crippen molar-refractivity contribution in [2.45, 2.75) is 0 Å². The highest BCUT2D eigenvalue weighted by atomic mass is 15.3. The quantitative estimate of drug-likeness (QED) is 0.230. The summed E-state index contributed by atoms with van der Waals surface area (Å²) in [5.74, 6) is 1.32. The Morgan fingerprint density at radius 2 is 1.15 bits per heavy atom. The number of rotatable bonds is 4. The van der Waals surface area contributed by atoms with E-state index in [1.54, 1.807) is 6.33 Å². The number of hydrogen-bond acceptors (Lipinski definition) is 5. The lowest BCUT2D eigenvalue weighted by atomic mass is 9.90. The van der Waals surface area contributed by atoms with Crippen molar-refractivity contribution in [1.29, 1.82) is 0 Å². The van der Waals surface area contributed by atoms with Gasteiger partial charge >= 0.3 is 0 Å². The first kappa shape index (κ1) is 23.2. The van der Waals surface area contributed by atoms with Crippen LogP contribution in [0.15, 0.2) is 140 Å². The van der Waals surface area contributed by atoms with E-state index < -0.39 is 0 Å². The van der Waals surface area contributed by atoms with Gasteiger partial charge in [0.15, 0.2) is 5.82 Å². The summed E-state index contributed by atoms with van der Waals surface area (Å²) in [6.45, 7) is 0. The van der Waals surface area contributed by atoms with Gasteiger partial charge in [-0.1, -0.05) is 103 Å². The summed E-state index contributed by atoms with van der Waals surface area (Å²) in [5, 5.41) is 2.27. The molecule has 0 bridgehead atoms. The monoisotopic (exact) mass is 525 g/mol. The van der Waals surface area contributed by atoms with Crippen molar-refractivity contribution < 1.29 is 0 Å². The van der Waals surface area contributed by atoms with Crippen molar-refractivity contribution in [1.82, 2.24) is 19.9 Å². The molecule has 1 aliphatic heterocycles. The molecule has 3 heterocycles. The third kappa shape index (κ3) is 3.95. The summed E-state index contributed by atoms with van der Waals surface area (Å²) >= 11 is 0. The Bertz CT molecular complexity index is 1980. The first-order valence-corrected chi connectivity index (χ1v) is 13.6. The van der Waals surface area contributed by atoms with E-state index in [9.17, 15) is 0 Å². The number of hydrogen-bond donors (Lipinski definition) is 0. The zero-order chi connectivity index (χ0) is 27.2. The Morgan fingerprint density at radius 1 is 0.512 bits per heavy atom. The first-order valence-electron chi connectivity index (χ1n) is 13.6. The second kappa shape index (κ2) is 9.50. The fourth-order valence-electron chi connectivity index (χ4n) is 5.66. The minimum absolute atomic E-state index is 0.565. The molecule has 2 aromatic heterocycles. The number of benzene rings is 5. The number of nitrogens with zero attached hydrogens (tertiary/aromatic N) is 5. The molecule has 0 saturated carbocycles. The van der Waals surface area contributed by atoms with Crippen LogP contribution in [0.3, 0.4) is 0 Å². The van der Waals surface area contributed by atoms with Gasteiger partial charge in [-0.3, -0.25) is 4.90 Å². The molecule has 0 radical (unpaired) electrons. The molecule has 0 unspecified atom stereocenters. The van der Waals surface area contributed by atoms with E-state index in [0.29, 0.717) is 5.95 Å². The van der Waals surface area contributed by atoms with Crippen molar-refractivity contribution in [3.63, 3.8) is 0 Å². The number of aromatic nitrogens is 4. The topological polar surface area (TPSA) is 54.8 Å². The summed E-state index contributed by atoms with van der Waals surface area (Å²) in [7, 11) is 0. The maximum atomic E-state index is 5.13. The van der Waals surface area contributed by atoms with Crippen molar-refractivity contribution in [3.8, 4) is 44.8 Å². The molecular weight excluding hydrogens is 502 g/mol. The normalized spacial score (nSPS) is 11.9. The maximum Gasteiger partial charge on any atom is 0.237 e. The molecule has 5 heteroatoms. The molecular formula is C36H23N5. The largest absolute Gasteiger partial charge is 0.262 e.